The van der Waals surface area contributed by atoms with E-state index in [0.717, 1.165) is 6.54 Å². The lowest BCUT2D eigenvalue weighted by atomic mass is 10.0. The number of hydrogen-bond donors (Lipinski definition) is 1. The summed E-state index contributed by atoms with van der Waals surface area (Å²) in [7, 11) is 0. The molecule has 0 aliphatic carbocycles. The predicted octanol–water partition coefficient (Wildman–Crippen LogP) is 2.67. The molecule has 12 heavy (non-hydrogen) atoms. The van der Waals surface area contributed by atoms with Crippen LogP contribution in [0.5, 0.6) is 0 Å². The highest BCUT2D eigenvalue weighted by molar-refractivity contribution is 5.28. The lowest BCUT2D eigenvalue weighted by Gasteiger charge is -2.14. The van der Waals surface area contributed by atoms with Crippen LogP contribution in [0.2, 0.25) is 0 Å². The zero-order valence-corrected chi connectivity index (χ0v) is 8.09. The van der Waals surface area contributed by atoms with Crippen LogP contribution in [-0.2, 0) is 0 Å². The molecule has 1 heteroatoms. The van der Waals surface area contributed by atoms with Crippen molar-refractivity contribution in [3.8, 4) is 0 Å². The van der Waals surface area contributed by atoms with Crippen molar-refractivity contribution in [2.24, 2.45) is 0 Å². The van der Waals surface area contributed by atoms with Gasteiger partial charge in [-0.1, -0.05) is 31.2 Å². The van der Waals surface area contributed by atoms with Crippen LogP contribution in [0.25, 0.3) is 0 Å². The van der Waals surface area contributed by atoms with Crippen LogP contribution in [0.4, 0.5) is 0 Å². The molecule has 1 atom stereocenters. The highest BCUT2D eigenvalue weighted by Crippen LogP contribution is 2.15. The van der Waals surface area contributed by atoms with Crippen LogP contribution in [0.3, 0.4) is 0 Å². The lowest BCUT2D eigenvalue weighted by Crippen LogP contribution is -2.18. The van der Waals surface area contributed by atoms with Crippen molar-refractivity contribution in [3.05, 3.63) is 35.4 Å². The number of nitrogens with one attached hydrogen (secondary N) is 1. The first kappa shape index (κ1) is 9.27. The highest BCUT2D eigenvalue weighted by atomic mass is 14.9. The summed E-state index contributed by atoms with van der Waals surface area (Å²) in [6.45, 7) is 7.51. The van der Waals surface area contributed by atoms with Gasteiger partial charge in [-0.15, -0.1) is 0 Å². The Kier molecular flexibility index (Phi) is 3.30. The summed E-state index contributed by atoms with van der Waals surface area (Å²) in [4.78, 5) is 0. The van der Waals surface area contributed by atoms with Gasteiger partial charge in [0, 0.05) is 6.04 Å². The average molecular weight is 163 g/mol. The molecule has 1 N–H and O–H groups in total. The first-order valence-electron chi connectivity index (χ1n) is 4.54. The van der Waals surface area contributed by atoms with E-state index in [1.165, 1.54) is 11.1 Å². The number of rotatable bonds is 3. The third kappa shape index (κ3) is 2.08. The molecule has 1 rings (SSSR count). The Morgan fingerprint density at radius 1 is 1.33 bits per heavy atom. The Morgan fingerprint density at radius 3 is 2.58 bits per heavy atom. The summed E-state index contributed by atoms with van der Waals surface area (Å²) in [5, 5.41) is 3.40. The molecule has 0 spiro atoms. The van der Waals surface area contributed by atoms with E-state index in [4.69, 9.17) is 0 Å². The van der Waals surface area contributed by atoms with E-state index < -0.39 is 0 Å². The van der Waals surface area contributed by atoms with Gasteiger partial charge < -0.3 is 5.32 Å². The van der Waals surface area contributed by atoms with E-state index in [-0.39, 0.29) is 0 Å². The van der Waals surface area contributed by atoms with Gasteiger partial charge in [0.15, 0.2) is 0 Å². The van der Waals surface area contributed by atoms with E-state index in [0.29, 0.717) is 6.04 Å². The van der Waals surface area contributed by atoms with Gasteiger partial charge in [-0.05, 0) is 31.5 Å². The van der Waals surface area contributed by atoms with Crippen LogP contribution in [0.1, 0.15) is 31.0 Å². The normalized spacial score (nSPS) is 12.9. The van der Waals surface area contributed by atoms with Crippen LogP contribution >= 0.6 is 0 Å². The Morgan fingerprint density at radius 2 is 2.00 bits per heavy atom. The second-order valence-corrected chi connectivity index (χ2v) is 3.14. The van der Waals surface area contributed by atoms with Gasteiger partial charge in [-0.3, -0.25) is 0 Å². The molecule has 66 valence electrons. The van der Waals surface area contributed by atoms with Crippen LogP contribution in [0, 0.1) is 6.92 Å². The third-order valence-corrected chi connectivity index (χ3v) is 2.17. The minimum Gasteiger partial charge on any atom is -0.310 e. The second kappa shape index (κ2) is 4.27. The Balaban J connectivity index is 2.79. The molecule has 0 bridgehead atoms. The first-order chi connectivity index (χ1) is 5.75. The average Bonchev–Trinajstić information content (AvgIpc) is 2.05. The van der Waals surface area contributed by atoms with Gasteiger partial charge in [0.05, 0.1) is 0 Å². The molecule has 0 saturated carbocycles. The highest BCUT2D eigenvalue weighted by Gasteiger charge is 2.04. The van der Waals surface area contributed by atoms with Crippen molar-refractivity contribution in [2.75, 3.05) is 6.54 Å². The first-order valence-corrected chi connectivity index (χ1v) is 4.54. The topological polar surface area (TPSA) is 12.0 Å². The van der Waals surface area contributed by atoms with Crippen LogP contribution in [-0.4, -0.2) is 6.54 Å². The lowest BCUT2D eigenvalue weighted by molar-refractivity contribution is 0.595. The summed E-state index contributed by atoms with van der Waals surface area (Å²) >= 11 is 0. The molecule has 0 unspecified atom stereocenters. The quantitative estimate of drug-likeness (QED) is 0.722. The number of aryl methyl sites for hydroxylation is 1. The largest absolute Gasteiger partial charge is 0.310 e. The van der Waals surface area contributed by atoms with Crippen molar-refractivity contribution < 1.29 is 0 Å². The minimum atomic E-state index is 0.469. The monoisotopic (exact) mass is 163 g/mol. The predicted molar refractivity (Wildman–Crippen MR) is 53.3 cm³/mol. The van der Waals surface area contributed by atoms with Crippen molar-refractivity contribution in [2.45, 2.75) is 26.8 Å². The summed E-state index contributed by atoms with van der Waals surface area (Å²) in [5.74, 6) is 0. The van der Waals surface area contributed by atoms with E-state index in [1.807, 2.05) is 0 Å². The molecule has 0 heterocycles. The Labute approximate surface area is 74.8 Å². The Bertz CT molecular complexity index is 243. The molecule has 0 fully saturated rings. The smallest absolute Gasteiger partial charge is 0.0294 e. The molecule has 0 aliphatic heterocycles. The van der Waals surface area contributed by atoms with E-state index >= 15 is 0 Å². The Hall–Kier alpha value is -0.820. The number of hydrogen-bond acceptors (Lipinski definition) is 1. The minimum absolute atomic E-state index is 0.469. The summed E-state index contributed by atoms with van der Waals surface area (Å²) in [6, 6.07) is 8.98. The van der Waals surface area contributed by atoms with E-state index in [2.05, 4.69) is 50.4 Å². The van der Waals surface area contributed by atoms with Gasteiger partial charge >= 0.3 is 0 Å². The third-order valence-electron chi connectivity index (χ3n) is 2.17. The second-order valence-electron chi connectivity index (χ2n) is 3.14. The molecular weight excluding hydrogens is 146 g/mol. The fraction of sp³-hybridized carbons (Fsp3) is 0.455. The molecule has 0 radical (unpaired) electrons. The van der Waals surface area contributed by atoms with Gasteiger partial charge in [0.1, 0.15) is 0 Å². The van der Waals surface area contributed by atoms with Crippen molar-refractivity contribution in [3.63, 3.8) is 0 Å². The van der Waals surface area contributed by atoms with Crippen molar-refractivity contribution >= 4 is 0 Å². The van der Waals surface area contributed by atoms with E-state index in [9.17, 15) is 0 Å². The van der Waals surface area contributed by atoms with Gasteiger partial charge in [0.25, 0.3) is 0 Å². The van der Waals surface area contributed by atoms with Crippen LogP contribution < -0.4 is 5.32 Å². The molecule has 0 amide bonds. The van der Waals surface area contributed by atoms with Crippen molar-refractivity contribution in [1.82, 2.24) is 5.32 Å². The fourth-order valence-electron chi connectivity index (χ4n) is 1.49. The maximum Gasteiger partial charge on any atom is 0.0294 e. The summed E-state index contributed by atoms with van der Waals surface area (Å²) < 4.78 is 0. The molecule has 1 aromatic carbocycles. The van der Waals surface area contributed by atoms with Crippen LogP contribution in [0.15, 0.2) is 24.3 Å². The molecule has 1 aromatic rings. The van der Waals surface area contributed by atoms with Gasteiger partial charge in [-0.2, -0.15) is 0 Å². The van der Waals surface area contributed by atoms with Crippen molar-refractivity contribution in [1.29, 1.82) is 0 Å². The molecule has 0 saturated heterocycles. The zero-order valence-electron chi connectivity index (χ0n) is 8.09. The summed E-state index contributed by atoms with van der Waals surface area (Å²) in [6.07, 6.45) is 0. The molecule has 0 aliphatic rings. The molecular formula is C11H17N. The number of benzene rings is 1. The molecule has 0 aromatic heterocycles. The fourth-order valence-corrected chi connectivity index (χ4v) is 1.49. The summed E-state index contributed by atoms with van der Waals surface area (Å²) in [5.41, 5.74) is 2.77. The van der Waals surface area contributed by atoms with Gasteiger partial charge in [-0.25, -0.2) is 0 Å². The van der Waals surface area contributed by atoms with Gasteiger partial charge in [0.2, 0.25) is 0 Å². The SMILES string of the molecule is CCN[C@@H](C)c1ccccc1C. The maximum absolute atomic E-state index is 3.40. The maximum atomic E-state index is 3.40. The molecule has 1 nitrogen and oxygen atoms in total. The van der Waals surface area contributed by atoms with E-state index in [1.54, 1.807) is 0 Å². The zero-order chi connectivity index (χ0) is 8.97. The standard InChI is InChI=1S/C11H17N/c1-4-12-10(3)11-8-6-5-7-9(11)2/h5-8,10,12H,4H2,1-3H3/t10-/m0/s1.